The van der Waals surface area contributed by atoms with Crippen molar-refractivity contribution in [2.45, 2.75) is 46.8 Å². The number of hydrogen-bond acceptors (Lipinski definition) is 5. The van der Waals surface area contributed by atoms with Gasteiger partial charge >= 0.3 is 5.97 Å². The summed E-state index contributed by atoms with van der Waals surface area (Å²) in [6.07, 6.45) is 3.38. The second-order valence-electron chi connectivity index (χ2n) is 9.73. The molecule has 0 saturated heterocycles. The summed E-state index contributed by atoms with van der Waals surface area (Å²) in [5.74, 6) is 1.34. The van der Waals surface area contributed by atoms with Crippen LogP contribution in [0, 0.1) is 13.8 Å². The first-order chi connectivity index (χ1) is 17.1. The van der Waals surface area contributed by atoms with Gasteiger partial charge in [0, 0.05) is 34.5 Å². The molecule has 36 heavy (non-hydrogen) atoms. The van der Waals surface area contributed by atoms with Crippen LogP contribution in [-0.2, 0) is 11.4 Å². The van der Waals surface area contributed by atoms with Crippen molar-refractivity contribution in [1.29, 1.82) is 0 Å². The molecule has 1 N–H and O–H groups in total. The highest BCUT2D eigenvalue weighted by Crippen LogP contribution is 2.43. The molecular weight excluding hydrogens is 450 g/mol. The van der Waals surface area contributed by atoms with E-state index in [2.05, 4.69) is 82.9 Å². The maximum Gasteiger partial charge on any atom is 0.335 e. The SMILES string of the molecule is C=CC(=O)Oc1ccc(-c2ccc3c(c2COc2cc(C)ccc2C)C(C)=CC(C)(C)N3)c(OC)c1. The Kier molecular flexibility index (Phi) is 6.93. The van der Waals surface area contributed by atoms with Gasteiger partial charge in [-0.05, 0) is 81.1 Å². The second-order valence-corrected chi connectivity index (χ2v) is 9.73. The summed E-state index contributed by atoms with van der Waals surface area (Å²) in [5.41, 5.74) is 8.40. The lowest BCUT2D eigenvalue weighted by Gasteiger charge is -2.33. The predicted octanol–water partition coefficient (Wildman–Crippen LogP) is 7.26. The first-order valence-electron chi connectivity index (χ1n) is 12.0. The number of benzene rings is 3. The Hall–Kier alpha value is -3.99. The van der Waals surface area contributed by atoms with Crippen LogP contribution >= 0.6 is 0 Å². The smallest absolute Gasteiger partial charge is 0.335 e. The minimum Gasteiger partial charge on any atom is -0.496 e. The average molecular weight is 484 g/mol. The van der Waals surface area contributed by atoms with Crippen LogP contribution in [0.25, 0.3) is 16.7 Å². The minimum absolute atomic E-state index is 0.155. The van der Waals surface area contributed by atoms with Gasteiger partial charge in [0.1, 0.15) is 23.9 Å². The molecule has 0 spiro atoms. The number of hydrogen-bond donors (Lipinski definition) is 1. The number of aryl methyl sites for hydroxylation is 2. The number of rotatable bonds is 7. The first kappa shape index (κ1) is 25.1. The number of carbonyl (C=O) groups excluding carboxylic acids is 1. The van der Waals surface area contributed by atoms with Crippen molar-refractivity contribution < 1.29 is 19.0 Å². The summed E-state index contributed by atoms with van der Waals surface area (Å²) >= 11 is 0. The Morgan fingerprint density at radius 2 is 1.75 bits per heavy atom. The molecule has 0 aliphatic carbocycles. The van der Waals surface area contributed by atoms with E-state index in [0.717, 1.165) is 50.9 Å². The summed E-state index contributed by atoms with van der Waals surface area (Å²) in [5, 5.41) is 3.64. The van der Waals surface area contributed by atoms with E-state index in [0.29, 0.717) is 18.1 Å². The normalized spacial score (nSPS) is 13.7. The van der Waals surface area contributed by atoms with Crippen molar-refractivity contribution in [1.82, 2.24) is 0 Å². The maximum atomic E-state index is 11.7. The molecule has 0 bridgehead atoms. The average Bonchev–Trinajstić information content (AvgIpc) is 2.83. The summed E-state index contributed by atoms with van der Waals surface area (Å²) in [4.78, 5) is 11.7. The van der Waals surface area contributed by atoms with Gasteiger partial charge in [-0.25, -0.2) is 4.79 Å². The first-order valence-corrected chi connectivity index (χ1v) is 12.0. The molecule has 5 heteroatoms. The number of methoxy groups -OCH3 is 1. The molecule has 0 fully saturated rings. The van der Waals surface area contributed by atoms with Crippen molar-refractivity contribution in [2.75, 3.05) is 12.4 Å². The van der Waals surface area contributed by atoms with E-state index in [-0.39, 0.29) is 5.54 Å². The molecule has 3 aromatic rings. The standard InChI is InChI=1S/C31H33NO4/c1-8-29(33)36-22-11-12-24(28(16-22)34-7)23-13-14-26-30(21(4)17-31(5,6)32-26)25(23)18-35-27-15-19(2)9-10-20(27)3/h8-17,32H,1,18H2,2-7H3. The molecule has 0 atom stereocenters. The molecule has 0 saturated carbocycles. The van der Waals surface area contributed by atoms with E-state index in [4.69, 9.17) is 14.2 Å². The molecule has 1 aliphatic heterocycles. The molecule has 1 heterocycles. The van der Waals surface area contributed by atoms with E-state index < -0.39 is 5.97 Å². The van der Waals surface area contributed by atoms with E-state index in [1.807, 2.05) is 6.07 Å². The second kappa shape index (κ2) is 9.94. The van der Waals surface area contributed by atoms with Crippen LogP contribution in [0.2, 0.25) is 0 Å². The monoisotopic (exact) mass is 483 g/mol. The number of ether oxygens (including phenoxy) is 3. The fourth-order valence-corrected chi connectivity index (χ4v) is 4.73. The third kappa shape index (κ3) is 5.15. The summed E-state index contributed by atoms with van der Waals surface area (Å²) in [6.45, 7) is 14.4. The molecule has 4 rings (SSSR count). The lowest BCUT2D eigenvalue weighted by Crippen LogP contribution is -2.32. The Bertz CT molecular complexity index is 1370. The summed E-state index contributed by atoms with van der Waals surface area (Å²) in [6, 6.07) is 15.8. The zero-order valence-electron chi connectivity index (χ0n) is 21.8. The fraction of sp³-hybridized carbons (Fsp3) is 0.258. The van der Waals surface area contributed by atoms with Crippen LogP contribution in [0.4, 0.5) is 5.69 Å². The Morgan fingerprint density at radius 1 is 1.00 bits per heavy atom. The number of allylic oxidation sites excluding steroid dienone is 1. The van der Waals surface area contributed by atoms with Crippen molar-refractivity contribution in [2.24, 2.45) is 0 Å². The van der Waals surface area contributed by atoms with Gasteiger partial charge in [-0.15, -0.1) is 0 Å². The van der Waals surface area contributed by atoms with E-state index in [1.54, 1.807) is 19.2 Å². The van der Waals surface area contributed by atoms with E-state index in [9.17, 15) is 4.79 Å². The van der Waals surface area contributed by atoms with Gasteiger partial charge in [0.05, 0.1) is 12.6 Å². The zero-order valence-corrected chi connectivity index (χ0v) is 21.8. The predicted molar refractivity (Wildman–Crippen MR) is 146 cm³/mol. The Morgan fingerprint density at radius 3 is 2.47 bits per heavy atom. The number of anilines is 1. The van der Waals surface area contributed by atoms with Crippen molar-refractivity contribution >= 4 is 17.2 Å². The van der Waals surface area contributed by atoms with Gasteiger partial charge in [-0.1, -0.05) is 30.9 Å². The van der Waals surface area contributed by atoms with Gasteiger partial charge < -0.3 is 19.5 Å². The van der Waals surface area contributed by atoms with Gasteiger partial charge in [0.2, 0.25) is 0 Å². The van der Waals surface area contributed by atoms with Crippen molar-refractivity contribution in [3.05, 3.63) is 89.5 Å². The molecular formula is C31H33NO4. The van der Waals surface area contributed by atoms with Gasteiger partial charge in [0.15, 0.2) is 0 Å². The number of fused-ring (bicyclic) bond motifs is 1. The number of esters is 1. The van der Waals surface area contributed by atoms with Gasteiger partial charge in [-0.3, -0.25) is 0 Å². The molecule has 0 amide bonds. The molecule has 0 radical (unpaired) electrons. The van der Waals surface area contributed by atoms with Crippen LogP contribution in [0.5, 0.6) is 17.2 Å². The van der Waals surface area contributed by atoms with Crippen LogP contribution in [0.3, 0.4) is 0 Å². The molecule has 1 aliphatic rings. The number of nitrogens with one attached hydrogen (secondary N) is 1. The lowest BCUT2D eigenvalue weighted by atomic mass is 9.85. The summed E-state index contributed by atoms with van der Waals surface area (Å²) in [7, 11) is 1.61. The highest BCUT2D eigenvalue weighted by Gasteiger charge is 2.27. The Balaban J connectivity index is 1.85. The van der Waals surface area contributed by atoms with Crippen LogP contribution in [0.15, 0.2) is 67.3 Å². The molecule has 5 nitrogen and oxygen atoms in total. The van der Waals surface area contributed by atoms with E-state index >= 15 is 0 Å². The Labute approximate surface area is 213 Å². The largest absolute Gasteiger partial charge is 0.496 e. The maximum absolute atomic E-state index is 11.7. The third-order valence-corrected chi connectivity index (χ3v) is 6.31. The molecule has 3 aromatic carbocycles. The highest BCUT2D eigenvalue weighted by molar-refractivity contribution is 5.89. The van der Waals surface area contributed by atoms with Gasteiger partial charge in [0.25, 0.3) is 0 Å². The number of carbonyl (C=O) groups is 1. The van der Waals surface area contributed by atoms with E-state index in [1.165, 1.54) is 5.57 Å². The quantitative estimate of drug-likeness (QED) is 0.218. The topological polar surface area (TPSA) is 56.8 Å². The summed E-state index contributed by atoms with van der Waals surface area (Å²) < 4.78 is 17.5. The molecule has 186 valence electrons. The lowest BCUT2D eigenvalue weighted by molar-refractivity contribution is -0.128. The third-order valence-electron chi connectivity index (χ3n) is 6.31. The molecule has 0 unspecified atom stereocenters. The molecule has 0 aromatic heterocycles. The fourth-order valence-electron chi connectivity index (χ4n) is 4.73. The van der Waals surface area contributed by atoms with Crippen LogP contribution in [-0.4, -0.2) is 18.6 Å². The van der Waals surface area contributed by atoms with Crippen molar-refractivity contribution in [3.63, 3.8) is 0 Å². The minimum atomic E-state index is -0.518. The van der Waals surface area contributed by atoms with Crippen molar-refractivity contribution in [3.8, 4) is 28.4 Å². The zero-order chi connectivity index (χ0) is 26.0. The highest BCUT2D eigenvalue weighted by atomic mass is 16.5. The van der Waals surface area contributed by atoms with Crippen LogP contribution < -0.4 is 19.5 Å². The van der Waals surface area contributed by atoms with Crippen LogP contribution in [0.1, 0.15) is 43.0 Å². The van der Waals surface area contributed by atoms with Gasteiger partial charge in [-0.2, -0.15) is 0 Å².